The van der Waals surface area contributed by atoms with Crippen LogP contribution in [0.2, 0.25) is 0 Å². The molecule has 0 spiro atoms. The van der Waals surface area contributed by atoms with E-state index in [0.29, 0.717) is 0 Å². The summed E-state index contributed by atoms with van der Waals surface area (Å²) in [5.74, 6) is 0.717. The predicted octanol–water partition coefficient (Wildman–Crippen LogP) is 0.981. The lowest BCUT2D eigenvalue weighted by molar-refractivity contribution is 0.0536. The van der Waals surface area contributed by atoms with Crippen LogP contribution >= 0.6 is 0 Å². The van der Waals surface area contributed by atoms with Crippen molar-refractivity contribution >= 4 is 0 Å². The standard InChI is InChI=1S/C11H16O3/c1-2-9-3-5-11(6-4-9)14-8-10(13)7-12/h3-6,10,12-13H,2,7-8H2,1H3. The van der Waals surface area contributed by atoms with Crippen molar-refractivity contribution in [2.45, 2.75) is 19.4 Å². The fourth-order valence-electron chi connectivity index (χ4n) is 1.07. The summed E-state index contributed by atoms with van der Waals surface area (Å²) in [5.41, 5.74) is 1.25. The number of aliphatic hydroxyl groups is 2. The molecule has 2 N–H and O–H groups in total. The highest BCUT2D eigenvalue weighted by Gasteiger charge is 2.02. The van der Waals surface area contributed by atoms with Crippen molar-refractivity contribution in [1.82, 2.24) is 0 Å². The fraction of sp³-hybridized carbons (Fsp3) is 0.455. The average Bonchev–Trinajstić information content (AvgIpc) is 2.26. The first-order valence-electron chi connectivity index (χ1n) is 4.77. The predicted molar refractivity (Wildman–Crippen MR) is 54.4 cm³/mol. The van der Waals surface area contributed by atoms with Gasteiger partial charge in [-0.25, -0.2) is 0 Å². The highest BCUT2D eigenvalue weighted by molar-refractivity contribution is 5.27. The van der Waals surface area contributed by atoms with Crippen molar-refractivity contribution in [1.29, 1.82) is 0 Å². The number of hydrogen-bond acceptors (Lipinski definition) is 3. The minimum Gasteiger partial charge on any atom is -0.491 e. The van der Waals surface area contributed by atoms with Crippen LogP contribution in [0.4, 0.5) is 0 Å². The van der Waals surface area contributed by atoms with E-state index in [4.69, 9.17) is 14.9 Å². The molecular weight excluding hydrogens is 180 g/mol. The van der Waals surface area contributed by atoms with E-state index < -0.39 is 6.10 Å². The van der Waals surface area contributed by atoms with Gasteiger partial charge in [0.05, 0.1) is 6.61 Å². The molecule has 1 aromatic carbocycles. The largest absolute Gasteiger partial charge is 0.491 e. The molecule has 0 aliphatic rings. The first-order valence-corrected chi connectivity index (χ1v) is 4.77. The van der Waals surface area contributed by atoms with Gasteiger partial charge in [-0.1, -0.05) is 19.1 Å². The van der Waals surface area contributed by atoms with E-state index >= 15 is 0 Å². The van der Waals surface area contributed by atoms with Crippen molar-refractivity contribution in [2.75, 3.05) is 13.2 Å². The van der Waals surface area contributed by atoms with Gasteiger partial charge in [-0.2, -0.15) is 0 Å². The summed E-state index contributed by atoms with van der Waals surface area (Å²) in [6.45, 7) is 1.94. The number of rotatable bonds is 5. The summed E-state index contributed by atoms with van der Waals surface area (Å²) in [6, 6.07) is 7.70. The summed E-state index contributed by atoms with van der Waals surface area (Å²) >= 11 is 0. The van der Waals surface area contributed by atoms with Gasteiger partial charge in [-0.15, -0.1) is 0 Å². The molecule has 0 saturated carbocycles. The van der Waals surface area contributed by atoms with Gasteiger partial charge in [0.15, 0.2) is 0 Å². The van der Waals surface area contributed by atoms with Crippen LogP contribution in [0.3, 0.4) is 0 Å². The van der Waals surface area contributed by atoms with Crippen LogP contribution in [0, 0.1) is 0 Å². The zero-order valence-corrected chi connectivity index (χ0v) is 8.31. The van der Waals surface area contributed by atoms with Crippen LogP contribution in [-0.4, -0.2) is 29.5 Å². The maximum absolute atomic E-state index is 9.05. The maximum atomic E-state index is 9.05. The molecule has 0 heterocycles. The highest BCUT2D eigenvalue weighted by atomic mass is 16.5. The normalized spacial score (nSPS) is 12.5. The van der Waals surface area contributed by atoms with E-state index in [1.807, 2.05) is 24.3 Å². The van der Waals surface area contributed by atoms with E-state index in [1.165, 1.54) is 5.56 Å². The van der Waals surface area contributed by atoms with E-state index in [-0.39, 0.29) is 13.2 Å². The Balaban J connectivity index is 2.43. The summed E-state index contributed by atoms with van der Waals surface area (Å²) in [7, 11) is 0. The molecule has 14 heavy (non-hydrogen) atoms. The van der Waals surface area contributed by atoms with Crippen molar-refractivity contribution in [3.63, 3.8) is 0 Å². The number of ether oxygens (including phenoxy) is 1. The molecule has 0 saturated heterocycles. The zero-order valence-electron chi connectivity index (χ0n) is 8.31. The summed E-state index contributed by atoms with van der Waals surface area (Å²) in [6.07, 6.45) is 0.195. The maximum Gasteiger partial charge on any atom is 0.119 e. The Morgan fingerprint density at radius 2 is 1.93 bits per heavy atom. The van der Waals surface area contributed by atoms with Gasteiger partial charge in [0, 0.05) is 0 Å². The van der Waals surface area contributed by atoms with Crippen LogP contribution in [-0.2, 0) is 6.42 Å². The first kappa shape index (κ1) is 11.0. The monoisotopic (exact) mass is 196 g/mol. The number of aryl methyl sites for hydroxylation is 1. The number of benzene rings is 1. The van der Waals surface area contributed by atoms with Crippen molar-refractivity contribution < 1.29 is 14.9 Å². The molecule has 0 aliphatic carbocycles. The average molecular weight is 196 g/mol. The molecule has 78 valence electrons. The van der Waals surface area contributed by atoms with Gasteiger partial charge in [-0.3, -0.25) is 0 Å². The van der Waals surface area contributed by atoms with Crippen LogP contribution < -0.4 is 4.74 Å². The van der Waals surface area contributed by atoms with Gasteiger partial charge in [0.25, 0.3) is 0 Å². The minimum absolute atomic E-state index is 0.127. The minimum atomic E-state index is -0.805. The Bertz CT molecular complexity index is 256. The second kappa shape index (κ2) is 5.62. The molecule has 1 aromatic rings. The molecule has 1 unspecified atom stereocenters. The summed E-state index contributed by atoms with van der Waals surface area (Å²) < 4.78 is 5.25. The smallest absolute Gasteiger partial charge is 0.119 e. The molecule has 0 amide bonds. The Kier molecular flexibility index (Phi) is 4.43. The summed E-state index contributed by atoms with van der Waals surface area (Å²) in [4.78, 5) is 0. The van der Waals surface area contributed by atoms with Gasteiger partial charge in [-0.05, 0) is 24.1 Å². The molecule has 0 aromatic heterocycles. The van der Waals surface area contributed by atoms with Gasteiger partial charge in [0.1, 0.15) is 18.5 Å². The lowest BCUT2D eigenvalue weighted by Gasteiger charge is -2.09. The third kappa shape index (κ3) is 3.36. The van der Waals surface area contributed by atoms with Crippen LogP contribution in [0.25, 0.3) is 0 Å². The molecule has 0 aliphatic heterocycles. The van der Waals surface area contributed by atoms with E-state index in [1.54, 1.807) is 0 Å². The van der Waals surface area contributed by atoms with Crippen LogP contribution in [0.5, 0.6) is 5.75 Å². The van der Waals surface area contributed by atoms with Gasteiger partial charge >= 0.3 is 0 Å². The third-order valence-corrected chi connectivity index (χ3v) is 1.98. The number of hydrogen-bond donors (Lipinski definition) is 2. The topological polar surface area (TPSA) is 49.7 Å². The molecular formula is C11H16O3. The Morgan fingerprint density at radius 1 is 1.29 bits per heavy atom. The molecule has 3 heteroatoms. The fourth-order valence-corrected chi connectivity index (χ4v) is 1.07. The van der Waals surface area contributed by atoms with E-state index in [0.717, 1.165) is 12.2 Å². The van der Waals surface area contributed by atoms with Crippen molar-refractivity contribution in [3.8, 4) is 5.75 Å². The SMILES string of the molecule is CCc1ccc(OCC(O)CO)cc1. The van der Waals surface area contributed by atoms with Crippen molar-refractivity contribution in [3.05, 3.63) is 29.8 Å². The lowest BCUT2D eigenvalue weighted by atomic mass is 10.2. The van der Waals surface area contributed by atoms with E-state index in [2.05, 4.69) is 6.92 Å². The quantitative estimate of drug-likeness (QED) is 0.738. The first-order chi connectivity index (χ1) is 6.76. The number of aliphatic hydroxyl groups excluding tert-OH is 2. The van der Waals surface area contributed by atoms with Crippen LogP contribution in [0.1, 0.15) is 12.5 Å². The van der Waals surface area contributed by atoms with E-state index in [9.17, 15) is 0 Å². The molecule has 1 atom stereocenters. The Morgan fingerprint density at radius 3 is 2.43 bits per heavy atom. The third-order valence-electron chi connectivity index (χ3n) is 1.98. The molecule has 0 fully saturated rings. The highest BCUT2D eigenvalue weighted by Crippen LogP contribution is 2.12. The molecule has 1 rings (SSSR count). The van der Waals surface area contributed by atoms with Crippen LogP contribution in [0.15, 0.2) is 24.3 Å². The molecule has 3 nitrogen and oxygen atoms in total. The lowest BCUT2D eigenvalue weighted by Crippen LogP contribution is -2.21. The zero-order chi connectivity index (χ0) is 10.4. The summed E-state index contributed by atoms with van der Waals surface area (Å²) in [5, 5.41) is 17.6. The second-order valence-corrected chi connectivity index (χ2v) is 3.14. The second-order valence-electron chi connectivity index (χ2n) is 3.14. The molecule has 0 radical (unpaired) electrons. The van der Waals surface area contributed by atoms with Gasteiger partial charge in [0.2, 0.25) is 0 Å². The van der Waals surface area contributed by atoms with Crippen molar-refractivity contribution in [2.24, 2.45) is 0 Å². The Hall–Kier alpha value is -1.06. The van der Waals surface area contributed by atoms with Gasteiger partial charge < -0.3 is 14.9 Å². The molecule has 0 bridgehead atoms. The Labute approximate surface area is 84.0 Å².